The smallest absolute Gasteiger partial charge is 0.142 e. The van der Waals surface area contributed by atoms with Gasteiger partial charge in [0.2, 0.25) is 0 Å². The molecule has 2 N–H and O–H groups in total. The van der Waals surface area contributed by atoms with Crippen LogP contribution < -0.4 is 15.4 Å². The molecule has 3 heteroatoms. The summed E-state index contributed by atoms with van der Waals surface area (Å²) in [6.07, 6.45) is 0. The number of rotatable bonds is 3. The molecule has 12 heavy (non-hydrogen) atoms. The van der Waals surface area contributed by atoms with Crippen molar-refractivity contribution in [1.82, 2.24) is 0 Å². The summed E-state index contributed by atoms with van der Waals surface area (Å²) in [5.41, 5.74) is 2.06. The number of benzene rings is 1. The highest BCUT2D eigenvalue weighted by Gasteiger charge is 2.00. The Morgan fingerprint density at radius 3 is 2.42 bits per heavy atom. The van der Waals surface area contributed by atoms with E-state index in [0.29, 0.717) is 0 Å². The molecule has 1 aromatic rings. The van der Waals surface area contributed by atoms with Gasteiger partial charge in [0.25, 0.3) is 0 Å². The van der Waals surface area contributed by atoms with Crippen LogP contribution in [0.3, 0.4) is 0 Å². The van der Waals surface area contributed by atoms with Gasteiger partial charge in [-0.05, 0) is 18.2 Å². The minimum Gasteiger partial charge on any atom is -0.495 e. The van der Waals surface area contributed by atoms with E-state index >= 15 is 0 Å². The van der Waals surface area contributed by atoms with Gasteiger partial charge in [0.15, 0.2) is 0 Å². The fourth-order valence-corrected chi connectivity index (χ4v) is 1.06. The lowest BCUT2D eigenvalue weighted by Crippen LogP contribution is -1.95. The Balaban J connectivity index is 3.02. The van der Waals surface area contributed by atoms with Gasteiger partial charge < -0.3 is 15.4 Å². The van der Waals surface area contributed by atoms with Gasteiger partial charge in [0, 0.05) is 19.8 Å². The zero-order chi connectivity index (χ0) is 8.97. The van der Waals surface area contributed by atoms with Gasteiger partial charge in [-0.1, -0.05) is 0 Å². The van der Waals surface area contributed by atoms with Crippen molar-refractivity contribution in [2.45, 2.75) is 0 Å². The molecule has 0 saturated carbocycles. The van der Waals surface area contributed by atoms with Crippen LogP contribution in [-0.4, -0.2) is 21.2 Å². The van der Waals surface area contributed by atoms with E-state index in [-0.39, 0.29) is 0 Å². The Labute approximate surface area is 72.7 Å². The average molecular weight is 166 g/mol. The first-order valence-corrected chi connectivity index (χ1v) is 3.85. The molecule has 0 bridgehead atoms. The molecule has 66 valence electrons. The second-order valence-electron chi connectivity index (χ2n) is 2.42. The zero-order valence-corrected chi connectivity index (χ0v) is 7.64. The third-order valence-electron chi connectivity index (χ3n) is 1.76. The predicted molar refractivity (Wildman–Crippen MR) is 52.1 cm³/mol. The summed E-state index contributed by atoms with van der Waals surface area (Å²) in [4.78, 5) is 0. The van der Waals surface area contributed by atoms with Crippen molar-refractivity contribution in [3.63, 3.8) is 0 Å². The quantitative estimate of drug-likeness (QED) is 0.718. The van der Waals surface area contributed by atoms with Crippen LogP contribution in [0.2, 0.25) is 0 Å². The number of anilines is 2. The molecule has 0 saturated heterocycles. The maximum atomic E-state index is 5.15. The molecular formula is C9H14N2O. The van der Waals surface area contributed by atoms with Crippen molar-refractivity contribution in [2.75, 3.05) is 31.8 Å². The van der Waals surface area contributed by atoms with Gasteiger partial charge in [-0.2, -0.15) is 0 Å². The Morgan fingerprint density at radius 2 is 1.92 bits per heavy atom. The fraction of sp³-hybridized carbons (Fsp3) is 0.333. The van der Waals surface area contributed by atoms with Crippen LogP contribution in [-0.2, 0) is 0 Å². The van der Waals surface area contributed by atoms with Crippen LogP contribution in [0.1, 0.15) is 0 Å². The van der Waals surface area contributed by atoms with Gasteiger partial charge in [0.05, 0.1) is 12.8 Å². The first-order chi connectivity index (χ1) is 5.81. The number of hydrogen-bond acceptors (Lipinski definition) is 3. The van der Waals surface area contributed by atoms with Gasteiger partial charge >= 0.3 is 0 Å². The van der Waals surface area contributed by atoms with Gasteiger partial charge in [-0.15, -0.1) is 0 Å². The predicted octanol–water partition coefficient (Wildman–Crippen LogP) is 1.78. The molecule has 0 aliphatic heterocycles. The van der Waals surface area contributed by atoms with E-state index in [1.807, 2.05) is 32.3 Å². The minimum atomic E-state index is 0.858. The molecule has 0 aliphatic rings. The highest BCUT2D eigenvalue weighted by Crippen LogP contribution is 2.26. The van der Waals surface area contributed by atoms with Crippen molar-refractivity contribution >= 4 is 11.4 Å². The van der Waals surface area contributed by atoms with Crippen molar-refractivity contribution < 1.29 is 4.74 Å². The Morgan fingerprint density at radius 1 is 1.17 bits per heavy atom. The molecule has 0 unspecified atom stereocenters. The van der Waals surface area contributed by atoms with Gasteiger partial charge in [0.1, 0.15) is 5.75 Å². The van der Waals surface area contributed by atoms with Crippen LogP contribution in [0.25, 0.3) is 0 Å². The van der Waals surface area contributed by atoms with Crippen LogP contribution in [0.4, 0.5) is 11.4 Å². The topological polar surface area (TPSA) is 33.3 Å². The maximum absolute atomic E-state index is 5.15. The average Bonchev–Trinajstić information content (AvgIpc) is 2.16. The standard InChI is InChI=1S/C9H14N2O/c1-10-7-4-5-9(12-3)8(6-7)11-2/h4-6,10-11H,1-3H3. The molecule has 3 nitrogen and oxygen atoms in total. The lowest BCUT2D eigenvalue weighted by molar-refractivity contribution is 0.416. The lowest BCUT2D eigenvalue weighted by atomic mass is 10.2. The SMILES string of the molecule is CNc1ccc(OC)c(NC)c1. The third kappa shape index (κ3) is 1.61. The van der Waals surface area contributed by atoms with Crippen molar-refractivity contribution in [2.24, 2.45) is 0 Å². The molecule has 0 amide bonds. The van der Waals surface area contributed by atoms with E-state index in [2.05, 4.69) is 10.6 Å². The summed E-state index contributed by atoms with van der Waals surface area (Å²) in [7, 11) is 5.42. The van der Waals surface area contributed by atoms with Crippen molar-refractivity contribution in [3.8, 4) is 5.75 Å². The van der Waals surface area contributed by atoms with E-state index in [0.717, 1.165) is 17.1 Å². The minimum absolute atomic E-state index is 0.858. The van der Waals surface area contributed by atoms with Crippen molar-refractivity contribution in [1.29, 1.82) is 0 Å². The molecule has 0 aromatic heterocycles. The summed E-state index contributed by atoms with van der Waals surface area (Å²) in [6, 6.07) is 5.90. The molecule has 0 heterocycles. The number of hydrogen-bond donors (Lipinski definition) is 2. The first kappa shape index (κ1) is 8.71. The van der Waals surface area contributed by atoms with Crippen LogP contribution in [0.15, 0.2) is 18.2 Å². The number of nitrogens with one attached hydrogen (secondary N) is 2. The Kier molecular flexibility index (Phi) is 2.80. The molecule has 0 atom stereocenters. The maximum Gasteiger partial charge on any atom is 0.142 e. The Hall–Kier alpha value is -1.38. The summed E-state index contributed by atoms with van der Waals surface area (Å²) in [6.45, 7) is 0. The monoisotopic (exact) mass is 166 g/mol. The van der Waals surface area contributed by atoms with Crippen molar-refractivity contribution in [3.05, 3.63) is 18.2 Å². The third-order valence-corrected chi connectivity index (χ3v) is 1.76. The molecule has 1 rings (SSSR count). The number of methoxy groups -OCH3 is 1. The van der Waals surface area contributed by atoms with Gasteiger partial charge in [-0.3, -0.25) is 0 Å². The van der Waals surface area contributed by atoms with E-state index in [9.17, 15) is 0 Å². The van der Waals surface area contributed by atoms with Crippen LogP contribution in [0, 0.1) is 0 Å². The van der Waals surface area contributed by atoms with Crippen LogP contribution in [0.5, 0.6) is 5.75 Å². The van der Waals surface area contributed by atoms with Crippen LogP contribution >= 0.6 is 0 Å². The summed E-state index contributed by atoms with van der Waals surface area (Å²) in [5.74, 6) is 0.858. The molecular weight excluding hydrogens is 152 g/mol. The summed E-state index contributed by atoms with van der Waals surface area (Å²) in [5, 5.41) is 6.11. The second kappa shape index (κ2) is 3.85. The van der Waals surface area contributed by atoms with E-state index in [1.165, 1.54) is 0 Å². The first-order valence-electron chi connectivity index (χ1n) is 3.85. The highest BCUT2D eigenvalue weighted by molar-refractivity contribution is 5.64. The molecule has 0 fully saturated rings. The normalized spacial score (nSPS) is 9.25. The molecule has 0 aliphatic carbocycles. The molecule has 0 spiro atoms. The summed E-state index contributed by atoms with van der Waals surface area (Å²) >= 11 is 0. The van der Waals surface area contributed by atoms with Gasteiger partial charge in [-0.25, -0.2) is 0 Å². The fourth-order valence-electron chi connectivity index (χ4n) is 1.06. The molecule has 0 radical (unpaired) electrons. The highest BCUT2D eigenvalue weighted by atomic mass is 16.5. The summed E-state index contributed by atoms with van der Waals surface area (Å²) < 4.78 is 5.15. The largest absolute Gasteiger partial charge is 0.495 e. The zero-order valence-electron chi connectivity index (χ0n) is 7.64. The second-order valence-corrected chi connectivity index (χ2v) is 2.42. The number of ether oxygens (including phenoxy) is 1. The molecule has 1 aromatic carbocycles. The van der Waals surface area contributed by atoms with E-state index in [1.54, 1.807) is 7.11 Å². The van der Waals surface area contributed by atoms with E-state index in [4.69, 9.17) is 4.74 Å². The van der Waals surface area contributed by atoms with E-state index < -0.39 is 0 Å². The lowest BCUT2D eigenvalue weighted by Gasteiger charge is -2.09. The Bertz CT molecular complexity index is 261.